The second-order valence-corrected chi connectivity index (χ2v) is 7.45. The van der Waals surface area contributed by atoms with Crippen LogP contribution < -0.4 is 11.5 Å². The third-order valence-electron chi connectivity index (χ3n) is 5.68. The minimum atomic E-state index is -0.145. The van der Waals surface area contributed by atoms with E-state index in [0.29, 0.717) is 5.69 Å². The van der Waals surface area contributed by atoms with E-state index in [2.05, 4.69) is 40.8 Å². The standard InChI is InChI=1S/C23H22N4/c24-19-11-14-27-20(15-19)26-21(22(27)17-5-2-1-3-6-17)16-7-9-18(10-8-16)23(25)12-4-13-23/h1-3,5-11,14-15H,4,12-13,24-25H2. The van der Waals surface area contributed by atoms with Gasteiger partial charge in [-0.3, -0.25) is 4.40 Å². The van der Waals surface area contributed by atoms with E-state index in [9.17, 15) is 0 Å². The topological polar surface area (TPSA) is 69.3 Å². The van der Waals surface area contributed by atoms with Gasteiger partial charge in [0.15, 0.2) is 0 Å². The molecule has 0 spiro atoms. The molecule has 1 aliphatic rings. The quantitative estimate of drug-likeness (QED) is 0.565. The molecule has 1 fully saturated rings. The summed E-state index contributed by atoms with van der Waals surface area (Å²) in [6.07, 6.45) is 5.33. The fourth-order valence-corrected chi connectivity index (χ4v) is 3.94. The number of nitrogens with two attached hydrogens (primary N) is 2. The van der Waals surface area contributed by atoms with Crippen LogP contribution in [0, 0.1) is 0 Å². The number of rotatable bonds is 3. The number of aromatic nitrogens is 2. The molecule has 4 heteroatoms. The fourth-order valence-electron chi connectivity index (χ4n) is 3.94. The minimum absolute atomic E-state index is 0.145. The van der Waals surface area contributed by atoms with E-state index >= 15 is 0 Å². The van der Waals surface area contributed by atoms with Crippen LogP contribution in [0.1, 0.15) is 24.8 Å². The van der Waals surface area contributed by atoms with Crippen molar-refractivity contribution in [3.8, 4) is 22.5 Å². The van der Waals surface area contributed by atoms with E-state index in [1.165, 1.54) is 12.0 Å². The van der Waals surface area contributed by atoms with Gasteiger partial charge in [-0.1, -0.05) is 54.6 Å². The van der Waals surface area contributed by atoms with Crippen LogP contribution in [0.4, 0.5) is 5.69 Å². The molecule has 1 saturated carbocycles. The molecule has 0 amide bonds. The van der Waals surface area contributed by atoms with Gasteiger partial charge in [-0.25, -0.2) is 4.98 Å². The predicted molar refractivity (Wildman–Crippen MR) is 110 cm³/mol. The van der Waals surface area contributed by atoms with Crippen molar-refractivity contribution in [3.63, 3.8) is 0 Å². The maximum atomic E-state index is 6.48. The lowest BCUT2D eigenvalue weighted by Crippen LogP contribution is -2.43. The molecule has 4 N–H and O–H groups in total. The van der Waals surface area contributed by atoms with Crippen molar-refractivity contribution >= 4 is 11.3 Å². The van der Waals surface area contributed by atoms with Gasteiger partial charge in [0, 0.05) is 34.6 Å². The zero-order valence-electron chi connectivity index (χ0n) is 15.1. The molecule has 0 radical (unpaired) electrons. The number of hydrogen-bond acceptors (Lipinski definition) is 3. The first kappa shape index (κ1) is 16.1. The fraction of sp³-hybridized carbons (Fsp3) is 0.174. The average molecular weight is 354 g/mol. The summed E-state index contributed by atoms with van der Waals surface area (Å²) in [5, 5.41) is 0. The highest BCUT2D eigenvalue weighted by Gasteiger charge is 2.34. The average Bonchev–Trinajstić information content (AvgIpc) is 3.05. The summed E-state index contributed by atoms with van der Waals surface area (Å²) in [5.74, 6) is 0. The third-order valence-corrected chi connectivity index (χ3v) is 5.68. The molecule has 4 aromatic rings. The summed E-state index contributed by atoms with van der Waals surface area (Å²) in [6, 6.07) is 22.8. The van der Waals surface area contributed by atoms with Crippen LogP contribution in [0.2, 0.25) is 0 Å². The Morgan fingerprint density at radius 3 is 2.30 bits per heavy atom. The van der Waals surface area contributed by atoms with Crippen molar-refractivity contribution in [2.75, 3.05) is 5.73 Å². The number of anilines is 1. The van der Waals surface area contributed by atoms with Crippen molar-refractivity contribution in [1.82, 2.24) is 9.38 Å². The molecule has 0 unspecified atom stereocenters. The lowest BCUT2D eigenvalue weighted by atomic mass is 9.72. The second-order valence-electron chi connectivity index (χ2n) is 7.45. The largest absolute Gasteiger partial charge is 0.399 e. The Kier molecular flexibility index (Phi) is 3.55. The van der Waals surface area contributed by atoms with E-state index in [1.807, 2.05) is 36.5 Å². The third kappa shape index (κ3) is 2.61. The zero-order valence-corrected chi connectivity index (χ0v) is 15.1. The van der Waals surface area contributed by atoms with Gasteiger partial charge in [0.25, 0.3) is 0 Å². The minimum Gasteiger partial charge on any atom is -0.399 e. The van der Waals surface area contributed by atoms with Crippen LogP contribution in [0.3, 0.4) is 0 Å². The van der Waals surface area contributed by atoms with Gasteiger partial charge >= 0.3 is 0 Å². The Labute approximate surface area is 158 Å². The van der Waals surface area contributed by atoms with Crippen LogP contribution in [0.25, 0.3) is 28.2 Å². The Bertz CT molecular complexity index is 1110. The first-order valence-corrected chi connectivity index (χ1v) is 9.37. The summed E-state index contributed by atoms with van der Waals surface area (Å²) >= 11 is 0. The van der Waals surface area contributed by atoms with Gasteiger partial charge in [0.05, 0.1) is 11.4 Å². The molecule has 5 rings (SSSR count). The molecule has 2 heterocycles. The van der Waals surface area contributed by atoms with Gasteiger partial charge in [-0.05, 0) is 30.9 Å². The Hall–Kier alpha value is -3.11. The van der Waals surface area contributed by atoms with E-state index in [0.717, 1.165) is 41.0 Å². The predicted octanol–water partition coefficient (Wildman–Crippen LogP) is 4.59. The normalized spacial score (nSPS) is 15.6. The van der Waals surface area contributed by atoms with Crippen molar-refractivity contribution in [1.29, 1.82) is 0 Å². The van der Waals surface area contributed by atoms with Gasteiger partial charge in [-0.2, -0.15) is 0 Å². The monoisotopic (exact) mass is 354 g/mol. The van der Waals surface area contributed by atoms with Crippen LogP contribution >= 0.6 is 0 Å². The number of benzene rings is 2. The molecule has 2 aromatic heterocycles. The maximum Gasteiger partial charge on any atom is 0.140 e. The summed E-state index contributed by atoms with van der Waals surface area (Å²) in [7, 11) is 0. The smallest absolute Gasteiger partial charge is 0.140 e. The van der Waals surface area contributed by atoms with Crippen LogP contribution in [0.15, 0.2) is 72.9 Å². The molecule has 0 aliphatic heterocycles. The lowest BCUT2D eigenvalue weighted by Gasteiger charge is -2.38. The number of imidazole rings is 1. The molecular formula is C23H22N4. The summed E-state index contributed by atoms with van der Waals surface area (Å²) in [4.78, 5) is 4.90. The van der Waals surface area contributed by atoms with Crippen LogP contribution in [0.5, 0.6) is 0 Å². The highest BCUT2D eigenvalue weighted by atomic mass is 15.0. The van der Waals surface area contributed by atoms with Gasteiger partial charge in [0.1, 0.15) is 5.65 Å². The molecule has 1 aliphatic carbocycles. The van der Waals surface area contributed by atoms with Crippen molar-refractivity contribution in [2.24, 2.45) is 5.73 Å². The zero-order chi connectivity index (χ0) is 18.4. The molecule has 0 bridgehead atoms. The molecule has 2 aromatic carbocycles. The number of nitrogen functional groups attached to an aromatic ring is 1. The lowest BCUT2D eigenvalue weighted by molar-refractivity contribution is 0.253. The molecule has 4 nitrogen and oxygen atoms in total. The first-order chi connectivity index (χ1) is 13.1. The van der Waals surface area contributed by atoms with E-state index in [4.69, 9.17) is 16.5 Å². The Morgan fingerprint density at radius 2 is 1.63 bits per heavy atom. The summed E-state index contributed by atoms with van der Waals surface area (Å²) in [6.45, 7) is 0. The Balaban J connectivity index is 1.68. The second kappa shape index (κ2) is 5.96. The maximum absolute atomic E-state index is 6.48. The van der Waals surface area contributed by atoms with Gasteiger partial charge in [-0.15, -0.1) is 0 Å². The molecular weight excluding hydrogens is 332 g/mol. The number of fused-ring (bicyclic) bond motifs is 1. The van der Waals surface area contributed by atoms with Crippen LogP contribution in [-0.4, -0.2) is 9.38 Å². The summed E-state index contributed by atoms with van der Waals surface area (Å²) < 4.78 is 2.10. The van der Waals surface area contributed by atoms with Crippen molar-refractivity contribution < 1.29 is 0 Å². The van der Waals surface area contributed by atoms with E-state index < -0.39 is 0 Å². The number of pyridine rings is 1. The SMILES string of the molecule is Nc1ccn2c(-c3ccccc3)c(-c3ccc(C4(N)CCC4)cc3)nc2c1. The molecule has 134 valence electrons. The highest BCUT2D eigenvalue weighted by molar-refractivity contribution is 5.82. The van der Waals surface area contributed by atoms with E-state index in [1.54, 1.807) is 0 Å². The molecule has 0 atom stereocenters. The van der Waals surface area contributed by atoms with Crippen LogP contribution in [-0.2, 0) is 5.54 Å². The van der Waals surface area contributed by atoms with E-state index in [-0.39, 0.29) is 5.54 Å². The molecule has 27 heavy (non-hydrogen) atoms. The number of hydrogen-bond donors (Lipinski definition) is 2. The highest BCUT2D eigenvalue weighted by Crippen LogP contribution is 2.40. The summed E-state index contributed by atoms with van der Waals surface area (Å²) in [5.41, 5.74) is 19.3. The molecule has 0 saturated heterocycles. The first-order valence-electron chi connectivity index (χ1n) is 9.37. The van der Waals surface area contributed by atoms with Crippen molar-refractivity contribution in [2.45, 2.75) is 24.8 Å². The van der Waals surface area contributed by atoms with Gasteiger partial charge in [0.2, 0.25) is 0 Å². The number of nitrogens with zero attached hydrogens (tertiary/aromatic N) is 2. The van der Waals surface area contributed by atoms with Crippen molar-refractivity contribution in [3.05, 3.63) is 78.5 Å². The Morgan fingerprint density at radius 1 is 0.889 bits per heavy atom. The van der Waals surface area contributed by atoms with Gasteiger partial charge < -0.3 is 11.5 Å².